The molecule has 0 radical (unpaired) electrons. The lowest BCUT2D eigenvalue weighted by Gasteiger charge is -2.03. The maximum atomic E-state index is 5.54. The summed E-state index contributed by atoms with van der Waals surface area (Å²) < 4.78 is 2.02. The van der Waals surface area contributed by atoms with Gasteiger partial charge in [0.05, 0.1) is 5.69 Å². The first-order valence-corrected chi connectivity index (χ1v) is 8.09. The predicted molar refractivity (Wildman–Crippen MR) is 82.0 cm³/mol. The van der Waals surface area contributed by atoms with E-state index in [1.807, 2.05) is 16.9 Å². The van der Waals surface area contributed by atoms with Crippen LogP contribution in [0.4, 0.5) is 0 Å². The van der Waals surface area contributed by atoms with E-state index in [0.29, 0.717) is 6.54 Å². The molecule has 19 heavy (non-hydrogen) atoms. The molecule has 110 valence electrons. The summed E-state index contributed by atoms with van der Waals surface area (Å²) in [4.78, 5) is 0. The zero-order valence-corrected chi connectivity index (χ0v) is 12.6. The first-order valence-electron chi connectivity index (χ1n) is 8.09. The zero-order valence-electron chi connectivity index (χ0n) is 12.6. The maximum absolute atomic E-state index is 5.54. The summed E-state index contributed by atoms with van der Waals surface area (Å²) in [5.74, 6) is 0. The average molecular weight is 265 g/mol. The van der Waals surface area contributed by atoms with Crippen LogP contribution in [0.15, 0.2) is 12.3 Å². The summed E-state index contributed by atoms with van der Waals surface area (Å²) in [7, 11) is 0. The highest BCUT2D eigenvalue weighted by Gasteiger charge is 1.97. The highest BCUT2D eigenvalue weighted by molar-refractivity contribution is 4.97. The molecule has 1 aromatic rings. The van der Waals surface area contributed by atoms with E-state index in [1.54, 1.807) is 0 Å². The summed E-state index contributed by atoms with van der Waals surface area (Å²) in [6.07, 6.45) is 15.8. The molecule has 0 saturated carbocycles. The Morgan fingerprint density at radius 3 is 2.05 bits per heavy atom. The van der Waals surface area contributed by atoms with Crippen LogP contribution < -0.4 is 5.73 Å². The van der Waals surface area contributed by atoms with Gasteiger partial charge in [-0.3, -0.25) is 4.68 Å². The van der Waals surface area contributed by atoms with Crippen molar-refractivity contribution in [1.82, 2.24) is 9.78 Å². The Morgan fingerprint density at radius 2 is 1.53 bits per heavy atom. The van der Waals surface area contributed by atoms with Crippen molar-refractivity contribution >= 4 is 0 Å². The molecule has 3 nitrogen and oxygen atoms in total. The van der Waals surface area contributed by atoms with Gasteiger partial charge in [0.1, 0.15) is 0 Å². The average Bonchev–Trinajstić information content (AvgIpc) is 2.89. The Hall–Kier alpha value is -0.830. The smallest absolute Gasteiger partial charge is 0.0760 e. The van der Waals surface area contributed by atoms with Crippen molar-refractivity contribution in [2.24, 2.45) is 5.73 Å². The van der Waals surface area contributed by atoms with Crippen LogP contribution in [-0.4, -0.2) is 9.78 Å². The predicted octanol–water partition coefficient (Wildman–Crippen LogP) is 4.26. The third-order valence-electron chi connectivity index (χ3n) is 3.65. The number of nitrogens with two attached hydrogens (primary N) is 1. The van der Waals surface area contributed by atoms with E-state index in [9.17, 15) is 0 Å². The summed E-state index contributed by atoms with van der Waals surface area (Å²) in [6.45, 7) is 3.86. The molecule has 0 aliphatic heterocycles. The number of hydrogen-bond donors (Lipinski definition) is 1. The molecule has 0 atom stereocenters. The van der Waals surface area contributed by atoms with E-state index >= 15 is 0 Å². The highest BCUT2D eigenvalue weighted by atomic mass is 15.3. The molecule has 0 saturated heterocycles. The molecule has 0 amide bonds. The number of hydrogen-bond acceptors (Lipinski definition) is 2. The number of nitrogens with zero attached hydrogens (tertiary/aromatic N) is 2. The van der Waals surface area contributed by atoms with Crippen LogP contribution in [0.3, 0.4) is 0 Å². The molecule has 0 aromatic carbocycles. The van der Waals surface area contributed by atoms with E-state index < -0.39 is 0 Å². The summed E-state index contributed by atoms with van der Waals surface area (Å²) >= 11 is 0. The number of aromatic nitrogens is 2. The molecule has 0 aliphatic carbocycles. The molecule has 1 aromatic heterocycles. The van der Waals surface area contributed by atoms with Crippen molar-refractivity contribution in [2.75, 3.05) is 0 Å². The molecule has 1 rings (SSSR count). The largest absolute Gasteiger partial charge is 0.325 e. The van der Waals surface area contributed by atoms with E-state index in [2.05, 4.69) is 12.0 Å². The minimum absolute atomic E-state index is 0.547. The fraction of sp³-hybridized carbons (Fsp3) is 0.812. The van der Waals surface area contributed by atoms with Gasteiger partial charge in [0, 0.05) is 19.3 Å². The third kappa shape index (κ3) is 8.04. The Morgan fingerprint density at radius 1 is 0.947 bits per heavy atom. The third-order valence-corrected chi connectivity index (χ3v) is 3.65. The first-order chi connectivity index (χ1) is 9.36. The van der Waals surface area contributed by atoms with E-state index in [-0.39, 0.29) is 0 Å². The fourth-order valence-electron chi connectivity index (χ4n) is 2.40. The molecule has 0 aliphatic rings. The van der Waals surface area contributed by atoms with Gasteiger partial charge >= 0.3 is 0 Å². The Bertz CT molecular complexity index is 307. The molecule has 0 fully saturated rings. The van der Waals surface area contributed by atoms with Crippen molar-refractivity contribution in [3.8, 4) is 0 Å². The second-order valence-corrected chi connectivity index (χ2v) is 5.46. The van der Waals surface area contributed by atoms with Crippen molar-refractivity contribution in [3.63, 3.8) is 0 Å². The molecule has 0 bridgehead atoms. The van der Waals surface area contributed by atoms with Crippen LogP contribution in [0.25, 0.3) is 0 Å². The van der Waals surface area contributed by atoms with Gasteiger partial charge in [-0.25, -0.2) is 0 Å². The van der Waals surface area contributed by atoms with Crippen LogP contribution in [-0.2, 0) is 13.1 Å². The summed E-state index contributed by atoms with van der Waals surface area (Å²) in [6, 6.07) is 2.01. The van der Waals surface area contributed by atoms with E-state index in [1.165, 1.54) is 64.2 Å². The lowest BCUT2D eigenvalue weighted by molar-refractivity contribution is 0.513. The molecule has 2 N–H and O–H groups in total. The fourth-order valence-corrected chi connectivity index (χ4v) is 2.40. The second kappa shape index (κ2) is 11.0. The van der Waals surface area contributed by atoms with Crippen LogP contribution >= 0.6 is 0 Å². The van der Waals surface area contributed by atoms with Crippen LogP contribution in [0.5, 0.6) is 0 Å². The van der Waals surface area contributed by atoms with Crippen molar-refractivity contribution in [1.29, 1.82) is 0 Å². The molecule has 0 unspecified atom stereocenters. The zero-order chi connectivity index (χ0) is 13.8. The summed E-state index contributed by atoms with van der Waals surface area (Å²) in [5, 5.41) is 4.40. The van der Waals surface area contributed by atoms with Gasteiger partial charge in [-0.05, 0) is 12.5 Å². The minimum Gasteiger partial charge on any atom is -0.325 e. The number of rotatable bonds is 12. The minimum atomic E-state index is 0.547. The van der Waals surface area contributed by atoms with Gasteiger partial charge in [-0.2, -0.15) is 5.10 Å². The molecule has 0 spiro atoms. The van der Waals surface area contributed by atoms with Crippen LogP contribution in [0, 0.1) is 0 Å². The van der Waals surface area contributed by atoms with E-state index in [0.717, 1.165) is 12.2 Å². The molecular formula is C16H31N3. The number of unbranched alkanes of at least 4 members (excludes halogenated alkanes) is 9. The normalized spacial score (nSPS) is 11.1. The molecule has 3 heteroatoms. The van der Waals surface area contributed by atoms with Crippen molar-refractivity contribution in [3.05, 3.63) is 18.0 Å². The van der Waals surface area contributed by atoms with Crippen molar-refractivity contribution < 1.29 is 0 Å². The van der Waals surface area contributed by atoms with Gasteiger partial charge in [-0.15, -0.1) is 0 Å². The standard InChI is InChI=1S/C16H31N3/c1-2-3-4-5-6-7-8-9-10-11-13-19-14-12-16(15-17)18-19/h12,14H,2-11,13,15,17H2,1H3. The quantitative estimate of drug-likeness (QED) is 0.574. The molecule has 1 heterocycles. The monoisotopic (exact) mass is 265 g/mol. The second-order valence-electron chi connectivity index (χ2n) is 5.46. The van der Waals surface area contributed by atoms with Gasteiger partial charge in [0.2, 0.25) is 0 Å². The topological polar surface area (TPSA) is 43.8 Å². The van der Waals surface area contributed by atoms with Gasteiger partial charge in [0.15, 0.2) is 0 Å². The maximum Gasteiger partial charge on any atom is 0.0760 e. The van der Waals surface area contributed by atoms with Crippen molar-refractivity contribution in [2.45, 2.75) is 84.2 Å². The highest BCUT2D eigenvalue weighted by Crippen LogP contribution is 2.10. The number of aryl methyl sites for hydroxylation is 1. The SMILES string of the molecule is CCCCCCCCCCCCn1ccc(CN)n1. The van der Waals surface area contributed by atoms with Gasteiger partial charge < -0.3 is 5.73 Å². The first kappa shape index (κ1) is 16.2. The Balaban J connectivity index is 1.86. The van der Waals surface area contributed by atoms with E-state index in [4.69, 9.17) is 5.73 Å². The van der Waals surface area contributed by atoms with Gasteiger partial charge in [0.25, 0.3) is 0 Å². The Kier molecular flexibility index (Phi) is 9.42. The lowest BCUT2D eigenvalue weighted by atomic mass is 10.1. The summed E-state index contributed by atoms with van der Waals surface area (Å²) in [5.41, 5.74) is 6.53. The van der Waals surface area contributed by atoms with Crippen LogP contribution in [0.1, 0.15) is 76.8 Å². The lowest BCUT2D eigenvalue weighted by Crippen LogP contribution is -2.02. The van der Waals surface area contributed by atoms with Gasteiger partial charge in [-0.1, -0.05) is 64.7 Å². The van der Waals surface area contributed by atoms with Crippen LogP contribution in [0.2, 0.25) is 0 Å². The molecular weight excluding hydrogens is 234 g/mol. The Labute approximate surface area is 118 Å².